The summed E-state index contributed by atoms with van der Waals surface area (Å²) in [5.41, 5.74) is 6.00. The van der Waals surface area contributed by atoms with Gasteiger partial charge in [0.15, 0.2) is 0 Å². The largest absolute Gasteiger partial charge is 0.478 e. The Kier molecular flexibility index (Phi) is 5.60. The van der Waals surface area contributed by atoms with Crippen LogP contribution in [0.15, 0.2) is 12.1 Å². The highest BCUT2D eigenvalue weighted by atomic mass is 19.1. The van der Waals surface area contributed by atoms with Crippen molar-refractivity contribution in [2.24, 2.45) is 5.92 Å². The number of aromatic carboxylic acids is 1. The lowest BCUT2D eigenvalue weighted by atomic mass is 10.1. The molecular weight excluding hydrogens is 247 g/mol. The first kappa shape index (κ1) is 15.3. The molecule has 106 valence electrons. The van der Waals surface area contributed by atoms with Crippen molar-refractivity contribution in [3.05, 3.63) is 23.5 Å². The van der Waals surface area contributed by atoms with Crippen molar-refractivity contribution in [3.63, 3.8) is 0 Å². The van der Waals surface area contributed by atoms with E-state index in [-0.39, 0.29) is 5.69 Å². The maximum atomic E-state index is 13.5. The van der Waals surface area contributed by atoms with E-state index >= 15 is 0 Å². The maximum absolute atomic E-state index is 13.5. The molecule has 4 N–H and O–H groups in total. The number of hydrogen-bond donors (Lipinski definition) is 3. The molecule has 0 saturated heterocycles. The van der Waals surface area contributed by atoms with Gasteiger partial charge in [-0.3, -0.25) is 0 Å². The first-order chi connectivity index (χ1) is 8.91. The summed E-state index contributed by atoms with van der Waals surface area (Å²) in [5, 5.41) is 11.8. The summed E-state index contributed by atoms with van der Waals surface area (Å²) in [6.45, 7) is 5.04. The number of anilines is 2. The Morgan fingerprint density at radius 3 is 2.68 bits per heavy atom. The Labute approximate surface area is 112 Å². The van der Waals surface area contributed by atoms with Crippen LogP contribution in [-0.4, -0.2) is 17.6 Å². The number of carboxylic acid groups (broad SMARTS) is 1. The van der Waals surface area contributed by atoms with E-state index in [4.69, 9.17) is 10.8 Å². The predicted octanol–water partition coefficient (Wildman–Crippen LogP) is 3.34. The quantitative estimate of drug-likeness (QED) is 0.523. The molecule has 0 unspecified atom stereocenters. The molecule has 1 aromatic rings. The smallest absolute Gasteiger partial charge is 0.338 e. The Hall–Kier alpha value is -1.78. The van der Waals surface area contributed by atoms with Crippen molar-refractivity contribution in [1.29, 1.82) is 0 Å². The van der Waals surface area contributed by atoms with Crippen LogP contribution in [0.1, 0.15) is 43.5 Å². The van der Waals surface area contributed by atoms with E-state index in [1.54, 1.807) is 0 Å². The van der Waals surface area contributed by atoms with Gasteiger partial charge in [-0.15, -0.1) is 0 Å². The monoisotopic (exact) mass is 268 g/mol. The average Bonchev–Trinajstić information content (AvgIpc) is 2.31. The fourth-order valence-corrected chi connectivity index (χ4v) is 1.81. The SMILES string of the molecule is CC(C)CCCCNc1cc(F)c(C(=O)O)cc1N. The van der Waals surface area contributed by atoms with Crippen LogP contribution in [0.3, 0.4) is 0 Å². The number of nitrogen functional groups attached to an aromatic ring is 1. The van der Waals surface area contributed by atoms with Crippen molar-refractivity contribution in [1.82, 2.24) is 0 Å². The third-order valence-corrected chi connectivity index (χ3v) is 2.89. The van der Waals surface area contributed by atoms with Gasteiger partial charge in [-0.2, -0.15) is 0 Å². The summed E-state index contributed by atoms with van der Waals surface area (Å²) in [6.07, 6.45) is 3.23. The summed E-state index contributed by atoms with van der Waals surface area (Å²) in [4.78, 5) is 10.7. The zero-order valence-electron chi connectivity index (χ0n) is 11.4. The molecule has 0 aliphatic carbocycles. The number of carbonyl (C=O) groups is 1. The van der Waals surface area contributed by atoms with Crippen molar-refractivity contribution in [2.75, 3.05) is 17.6 Å². The predicted molar refractivity (Wildman–Crippen MR) is 75.0 cm³/mol. The molecule has 0 amide bonds. The molecule has 19 heavy (non-hydrogen) atoms. The maximum Gasteiger partial charge on any atom is 0.338 e. The van der Waals surface area contributed by atoms with E-state index in [9.17, 15) is 9.18 Å². The number of hydrogen-bond acceptors (Lipinski definition) is 3. The molecule has 4 nitrogen and oxygen atoms in total. The Balaban J connectivity index is 2.55. The first-order valence-corrected chi connectivity index (χ1v) is 6.48. The fourth-order valence-electron chi connectivity index (χ4n) is 1.81. The summed E-state index contributed by atoms with van der Waals surface area (Å²) in [5.74, 6) is -1.41. The molecule has 0 aliphatic heterocycles. The van der Waals surface area contributed by atoms with Crippen molar-refractivity contribution < 1.29 is 14.3 Å². The molecule has 0 atom stereocenters. The van der Waals surface area contributed by atoms with E-state index in [1.807, 2.05) is 0 Å². The van der Waals surface area contributed by atoms with Crippen molar-refractivity contribution in [3.8, 4) is 0 Å². The molecule has 0 radical (unpaired) electrons. The van der Waals surface area contributed by atoms with E-state index < -0.39 is 17.3 Å². The van der Waals surface area contributed by atoms with Crippen molar-refractivity contribution >= 4 is 17.3 Å². The highest BCUT2D eigenvalue weighted by Crippen LogP contribution is 2.23. The van der Waals surface area contributed by atoms with Gasteiger partial charge in [-0.1, -0.05) is 26.7 Å². The van der Waals surface area contributed by atoms with E-state index in [1.165, 1.54) is 0 Å². The first-order valence-electron chi connectivity index (χ1n) is 6.48. The minimum atomic E-state index is -1.31. The van der Waals surface area contributed by atoms with Crippen molar-refractivity contribution in [2.45, 2.75) is 33.1 Å². The fraction of sp³-hybridized carbons (Fsp3) is 0.500. The number of halogens is 1. The molecule has 0 bridgehead atoms. The van der Waals surface area contributed by atoms with Gasteiger partial charge in [0.25, 0.3) is 0 Å². The van der Waals surface area contributed by atoms with Gasteiger partial charge in [0, 0.05) is 6.54 Å². The summed E-state index contributed by atoms with van der Waals surface area (Å²) >= 11 is 0. The number of carboxylic acids is 1. The summed E-state index contributed by atoms with van der Waals surface area (Å²) in [7, 11) is 0. The van der Waals surface area contributed by atoms with Gasteiger partial charge in [0.2, 0.25) is 0 Å². The van der Waals surface area contributed by atoms with Gasteiger partial charge >= 0.3 is 5.97 Å². The molecule has 0 aromatic heterocycles. The summed E-state index contributed by atoms with van der Waals surface area (Å²) < 4.78 is 13.5. The van der Waals surface area contributed by atoms with E-state index in [2.05, 4.69) is 19.2 Å². The number of nitrogens with two attached hydrogens (primary N) is 1. The minimum absolute atomic E-state index is 0.252. The lowest BCUT2D eigenvalue weighted by Crippen LogP contribution is -2.08. The normalized spacial score (nSPS) is 10.7. The van der Waals surface area contributed by atoms with Crippen LogP contribution in [0.4, 0.5) is 15.8 Å². The molecule has 5 heteroatoms. The number of rotatable bonds is 7. The second-order valence-electron chi connectivity index (χ2n) is 5.04. The van der Waals surface area contributed by atoms with Crippen LogP contribution >= 0.6 is 0 Å². The Morgan fingerprint density at radius 2 is 2.11 bits per heavy atom. The average molecular weight is 268 g/mol. The van der Waals surface area contributed by atoms with Crippen LogP contribution in [0.5, 0.6) is 0 Å². The highest BCUT2D eigenvalue weighted by Gasteiger charge is 2.13. The van der Waals surface area contributed by atoms with Crippen LogP contribution in [0, 0.1) is 11.7 Å². The zero-order chi connectivity index (χ0) is 14.4. The van der Waals surface area contributed by atoms with Gasteiger partial charge in [-0.05, 0) is 24.5 Å². The number of unbranched alkanes of at least 4 members (excludes halogenated alkanes) is 1. The number of benzene rings is 1. The van der Waals surface area contributed by atoms with E-state index in [0.29, 0.717) is 18.2 Å². The highest BCUT2D eigenvalue weighted by molar-refractivity contribution is 5.90. The minimum Gasteiger partial charge on any atom is -0.478 e. The van der Waals surface area contributed by atoms with Gasteiger partial charge in [0.1, 0.15) is 5.82 Å². The van der Waals surface area contributed by atoms with Gasteiger partial charge in [-0.25, -0.2) is 9.18 Å². The second kappa shape index (κ2) is 6.97. The lowest BCUT2D eigenvalue weighted by molar-refractivity contribution is 0.0692. The molecule has 0 saturated carbocycles. The third-order valence-electron chi connectivity index (χ3n) is 2.89. The van der Waals surface area contributed by atoms with Gasteiger partial charge < -0.3 is 16.2 Å². The standard InChI is InChI=1S/C14H21FN2O2/c1-9(2)5-3-4-6-17-13-8-11(15)10(14(18)19)7-12(13)16/h7-9,17H,3-6,16H2,1-2H3,(H,18,19). The molecule has 0 aliphatic rings. The van der Waals surface area contributed by atoms with Crippen LogP contribution < -0.4 is 11.1 Å². The second-order valence-corrected chi connectivity index (χ2v) is 5.04. The molecule has 0 spiro atoms. The van der Waals surface area contributed by atoms with Crippen LogP contribution in [0.25, 0.3) is 0 Å². The molecule has 0 heterocycles. The Bertz CT molecular complexity index is 447. The van der Waals surface area contributed by atoms with Gasteiger partial charge in [0.05, 0.1) is 16.9 Å². The Morgan fingerprint density at radius 1 is 1.42 bits per heavy atom. The van der Waals surface area contributed by atoms with Crippen LogP contribution in [-0.2, 0) is 0 Å². The lowest BCUT2D eigenvalue weighted by Gasteiger charge is -2.11. The third kappa shape index (κ3) is 4.77. The molecular formula is C14H21FN2O2. The molecule has 1 rings (SSSR count). The zero-order valence-corrected chi connectivity index (χ0v) is 11.4. The summed E-state index contributed by atoms with van der Waals surface area (Å²) in [6, 6.07) is 2.29. The van der Waals surface area contributed by atoms with Crippen LogP contribution in [0.2, 0.25) is 0 Å². The number of nitrogens with one attached hydrogen (secondary N) is 1. The topological polar surface area (TPSA) is 75.3 Å². The molecule has 1 aromatic carbocycles. The van der Waals surface area contributed by atoms with E-state index in [0.717, 1.165) is 31.4 Å². The molecule has 0 fully saturated rings.